The molecule has 0 aromatic rings. The van der Waals surface area contributed by atoms with Crippen LogP contribution in [-0.4, -0.2) is 175 Å². The number of ketones is 4. The van der Waals surface area contributed by atoms with Crippen LogP contribution in [0.4, 0.5) is 61.5 Å². The maximum Gasteiger partial charge on any atom is 4.00 e. The topological polar surface area (TPSA) is 295 Å². The number of alkyl halides is 14. The van der Waals surface area contributed by atoms with Crippen molar-refractivity contribution in [3.05, 3.63) is 12.8 Å². The molecule has 0 amide bonds. The summed E-state index contributed by atoms with van der Waals surface area (Å²) in [5.74, 6) is -33.5. The summed E-state index contributed by atoms with van der Waals surface area (Å²) >= 11 is 0. The van der Waals surface area contributed by atoms with E-state index in [1.165, 1.54) is 41.5 Å². The number of rotatable bonds is 10. The number of Topliss-reactive ketones (excluding diaryl/α,β-unsaturated/α-hetero) is 4. The van der Waals surface area contributed by atoms with E-state index in [-0.39, 0.29) is 21.7 Å². The molecule has 0 aromatic carbocycles. The Balaban J connectivity index is -0.000000773. The Morgan fingerprint density at radius 1 is 0.444 bits per heavy atom. The van der Waals surface area contributed by atoms with Crippen LogP contribution in [0, 0.1) is 23.7 Å². The van der Waals surface area contributed by atoms with Crippen LogP contribution in [0.15, 0.2) is 0 Å². The monoisotopic (exact) mass is 996 g/mol. The number of aliphatic hydroxyl groups excluding tert-OH is 8. The molecule has 31 heteroatoms. The van der Waals surface area contributed by atoms with Crippen molar-refractivity contribution in [3.63, 3.8) is 0 Å². The van der Waals surface area contributed by atoms with E-state index in [1.54, 1.807) is 0 Å². The first-order chi connectivity index (χ1) is 27.2. The summed E-state index contributed by atoms with van der Waals surface area (Å²) in [5.41, 5.74) is -2.72. The van der Waals surface area contributed by atoms with Crippen LogP contribution in [0.1, 0.15) is 41.5 Å². The summed E-state index contributed by atoms with van der Waals surface area (Å²) in [6.45, 7) is 5.53. The van der Waals surface area contributed by atoms with Crippen molar-refractivity contribution in [2.24, 2.45) is 10.8 Å². The van der Waals surface area contributed by atoms with E-state index in [0.29, 0.717) is 0 Å². The van der Waals surface area contributed by atoms with Crippen molar-refractivity contribution in [2.75, 3.05) is 13.2 Å². The largest absolute Gasteiger partial charge is 4.00 e. The van der Waals surface area contributed by atoms with E-state index in [4.69, 9.17) is 40.9 Å². The third-order valence-electron chi connectivity index (χ3n) is 7.83. The first kappa shape index (κ1) is 65.0. The number of halogens is 14. The average molecular weight is 997 g/mol. The maximum atomic E-state index is 12.8. The van der Waals surface area contributed by atoms with Gasteiger partial charge in [-0.05, 0) is 10.8 Å². The molecule has 2 aliphatic heterocycles. The molecule has 0 bridgehead atoms. The predicted molar refractivity (Wildman–Crippen MR) is 167 cm³/mol. The van der Waals surface area contributed by atoms with Crippen LogP contribution in [0.5, 0.6) is 0 Å². The molecule has 0 aliphatic carbocycles. The number of carbonyl (C=O) groups excluding carboxylic acids is 4. The van der Waals surface area contributed by atoms with E-state index >= 15 is 0 Å². The minimum absolute atomic E-state index is 0. The Morgan fingerprint density at radius 3 is 0.841 bits per heavy atom. The van der Waals surface area contributed by atoms with Crippen molar-refractivity contribution in [1.29, 1.82) is 0 Å². The molecular weight excluding hydrogens is 954 g/mol. The molecule has 368 valence electrons. The Morgan fingerprint density at radius 2 is 0.667 bits per heavy atom. The normalized spacial score (nSPS) is 27.3. The number of hydrogen-bond donors (Lipinski definition) is 8. The summed E-state index contributed by atoms with van der Waals surface area (Å²) in [4.78, 5) is 43.9. The van der Waals surface area contributed by atoms with Gasteiger partial charge in [-0.2, -0.15) is 61.5 Å². The van der Waals surface area contributed by atoms with E-state index in [2.05, 4.69) is 9.47 Å². The van der Waals surface area contributed by atoms with Crippen molar-refractivity contribution in [2.45, 2.75) is 139 Å². The molecule has 0 spiro atoms. The maximum absolute atomic E-state index is 12.8. The molecule has 10 unspecified atom stereocenters. The molecule has 16 nitrogen and oxygen atoms in total. The van der Waals surface area contributed by atoms with Gasteiger partial charge >= 0.3 is 57.8 Å². The molecule has 10 atom stereocenters. The first-order valence-electron chi connectivity index (χ1n) is 16.7. The standard InChI is InChI=1S/2C10H10F7O2.2C6H11O6.Ti/c2*1-7(2,3)5(18)4-6(19)8(11,12)9(13,14)10(15,16)17;2*7-1-2-3(8)4(9)5(10)6(11)12-2;/h2*4H,1-3H3;2*2-6,8-11H,1H2;/q4*-1;+4. The molecule has 2 fully saturated rings. The van der Waals surface area contributed by atoms with Gasteiger partial charge in [-0.25, -0.2) is 0 Å². The Hall–Kier alpha value is -2.33. The van der Waals surface area contributed by atoms with Gasteiger partial charge in [0.25, 0.3) is 0 Å². The number of hydrogen-bond acceptors (Lipinski definition) is 16. The van der Waals surface area contributed by atoms with Crippen molar-refractivity contribution in [3.8, 4) is 0 Å². The van der Waals surface area contributed by atoms with Gasteiger partial charge < -0.3 is 79.7 Å². The molecule has 8 N–H and O–H groups in total. The number of aliphatic hydroxyl groups is 8. The fraction of sp³-hybridized carbons (Fsp3) is 0.812. The second kappa shape index (κ2) is 23.4. The second-order valence-electron chi connectivity index (χ2n) is 14.9. The molecule has 2 saturated heterocycles. The fourth-order valence-electron chi connectivity index (χ4n) is 3.66. The molecular formula is C32H42F14O16Ti. The minimum atomic E-state index is -6.61. The molecule has 0 aromatic heterocycles. The van der Waals surface area contributed by atoms with Crippen molar-refractivity contribution < 1.29 is 163 Å². The Labute approximate surface area is 361 Å². The molecule has 2 heterocycles. The average Bonchev–Trinajstić information content (AvgIpc) is 3.11. The van der Waals surface area contributed by atoms with Crippen LogP contribution in [-0.2, 0) is 50.4 Å². The second-order valence-corrected chi connectivity index (χ2v) is 14.9. The van der Waals surface area contributed by atoms with Gasteiger partial charge in [0.1, 0.15) is 36.6 Å². The van der Waals surface area contributed by atoms with Crippen LogP contribution in [0.2, 0.25) is 0 Å². The van der Waals surface area contributed by atoms with Gasteiger partial charge in [0.05, 0.1) is 23.8 Å². The SMILES string of the molecule is CC(C)(C)C(=O)[CH-]C(=O)C(F)(F)C(F)(F)C(F)(F)F.CC(C)(C)C(=O)[CH-]C(=O)C(F)(F)C(F)(F)C(F)(F)F.[O-]CC1OC(O)C(O)C(O)C1O.[O-]CC1OC(O)C(O)C(O)C1O.[Ti+4]. The van der Waals surface area contributed by atoms with Gasteiger partial charge in [-0.1, -0.05) is 41.5 Å². The van der Waals surface area contributed by atoms with Crippen LogP contribution < -0.4 is 10.2 Å². The molecule has 2 rings (SSSR count). The minimum Gasteiger partial charge on any atom is -0.853 e. The summed E-state index contributed by atoms with van der Waals surface area (Å²) in [6, 6.07) is 0. The summed E-state index contributed by atoms with van der Waals surface area (Å²) in [7, 11) is 0. The van der Waals surface area contributed by atoms with Gasteiger partial charge in [-0.15, -0.1) is 13.2 Å². The zero-order valence-electron chi connectivity index (χ0n) is 33.0. The van der Waals surface area contributed by atoms with Crippen LogP contribution in [0.3, 0.4) is 0 Å². The van der Waals surface area contributed by atoms with Crippen molar-refractivity contribution in [1.82, 2.24) is 0 Å². The molecule has 0 radical (unpaired) electrons. The predicted octanol–water partition coefficient (Wildman–Crippen LogP) is -1.29. The van der Waals surface area contributed by atoms with Gasteiger partial charge in [0.15, 0.2) is 12.6 Å². The summed E-state index contributed by atoms with van der Waals surface area (Å²) in [6.07, 6.45) is -28.7. The number of carbonyl (C=O) groups is 4. The quantitative estimate of drug-likeness (QED) is 0.0547. The van der Waals surface area contributed by atoms with Crippen LogP contribution >= 0.6 is 0 Å². The van der Waals surface area contributed by atoms with Crippen molar-refractivity contribution >= 4 is 23.1 Å². The fourth-order valence-corrected chi connectivity index (χ4v) is 3.66. The molecule has 2 aliphatic rings. The van der Waals surface area contributed by atoms with E-state index in [0.717, 1.165) is 0 Å². The Kier molecular flexibility index (Phi) is 24.1. The number of ether oxygens (including phenoxy) is 2. The molecule has 63 heavy (non-hydrogen) atoms. The van der Waals surface area contributed by atoms with E-state index in [9.17, 15) is 90.9 Å². The van der Waals surface area contributed by atoms with Gasteiger partial charge in [0.2, 0.25) is 0 Å². The smallest absolute Gasteiger partial charge is 0.853 e. The van der Waals surface area contributed by atoms with E-state index < -0.39 is 157 Å². The van der Waals surface area contributed by atoms with Gasteiger partial charge in [-0.3, -0.25) is 12.8 Å². The zero-order valence-corrected chi connectivity index (χ0v) is 34.5. The molecule has 0 saturated carbocycles. The van der Waals surface area contributed by atoms with Crippen LogP contribution in [0.25, 0.3) is 0 Å². The third-order valence-corrected chi connectivity index (χ3v) is 7.83. The zero-order chi connectivity index (χ0) is 50.3. The third kappa shape index (κ3) is 16.5. The Bertz CT molecular complexity index is 1370. The summed E-state index contributed by atoms with van der Waals surface area (Å²) in [5, 5.41) is 92.5. The first-order valence-corrected chi connectivity index (χ1v) is 16.7. The summed E-state index contributed by atoms with van der Waals surface area (Å²) < 4.78 is 181. The van der Waals surface area contributed by atoms with Gasteiger partial charge in [0, 0.05) is 11.6 Å². The van der Waals surface area contributed by atoms with E-state index in [1.807, 2.05) is 0 Å².